The SMILES string of the molecule is Cn1cnc2cc(-c3ccc(NCCO)nn3)ccc21. The van der Waals surface area contributed by atoms with Crippen LogP contribution in [-0.4, -0.2) is 38.0 Å². The van der Waals surface area contributed by atoms with E-state index in [4.69, 9.17) is 5.11 Å². The van der Waals surface area contributed by atoms with Gasteiger partial charge in [0, 0.05) is 19.2 Å². The van der Waals surface area contributed by atoms with Crippen LogP contribution in [0.4, 0.5) is 5.82 Å². The monoisotopic (exact) mass is 269 g/mol. The lowest BCUT2D eigenvalue weighted by Gasteiger charge is -2.04. The van der Waals surface area contributed by atoms with Gasteiger partial charge in [-0.05, 0) is 24.3 Å². The second kappa shape index (κ2) is 5.26. The Hall–Kier alpha value is -2.47. The van der Waals surface area contributed by atoms with Crippen molar-refractivity contribution in [3.63, 3.8) is 0 Å². The van der Waals surface area contributed by atoms with Crippen molar-refractivity contribution in [2.24, 2.45) is 7.05 Å². The average molecular weight is 269 g/mol. The van der Waals surface area contributed by atoms with Gasteiger partial charge in [-0.25, -0.2) is 4.98 Å². The second-order valence-electron chi connectivity index (χ2n) is 4.51. The summed E-state index contributed by atoms with van der Waals surface area (Å²) in [5.41, 5.74) is 3.81. The van der Waals surface area contributed by atoms with E-state index in [1.54, 1.807) is 6.33 Å². The molecule has 2 aromatic heterocycles. The highest BCUT2D eigenvalue weighted by Crippen LogP contribution is 2.22. The summed E-state index contributed by atoms with van der Waals surface area (Å²) < 4.78 is 1.98. The van der Waals surface area contributed by atoms with Crippen molar-refractivity contribution in [1.29, 1.82) is 0 Å². The van der Waals surface area contributed by atoms with Crippen molar-refractivity contribution < 1.29 is 5.11 Å². The van der Waals surface area contributed by atoms with Crippen LogP contribution >= 0.6 is 0 Å². The lowest BCUT2D eigenvalue weighted by molar-refractivity contribution is 0.311. The van der Waals surface area contributed by atoms with Gasteiger partial charge in [0.1, 0.15) is 5.82 Å². The zero-order valence-corrected chi connectivity index (χ0v) is 11.1. The summed E-state index contributed by atoms with van der Waals surface area (Å²) >= 11 is 0. The summed E-state index contributed by atoms with van der Waals surface area (Å²) in [5.74, 6) is 0.654. The number of nitrogens with one attached hydrogen (secondary N) is 1. The molecule has 0 amide bonds. The minimum atomic E-state index is 0.0692. The van der Waals surface area contributed by atoms with E-state index in [1.807, 2.05) is 41.9 Å². The molecule has 6 nitrogen and oxygen atoms in total. The maximum Gasteiger partial charge on any atom is 0.148 e. The van der Waals surface area contributed by atoms with Gasteiger partial charge in [-0.1, -0.05) is 6.07 Å². The minimum absolute atomic E-state index is 0.0692. The van der Waals surface area contributed by atoms with E-state index < -0.39 is 0 Å². The van der Waals surface area contributed by atoms with Crippen LogP contribution in [0, 0.1) is 0 Å². The molecule has 0 aliphatic heterocycles. The van der Waals surface area contributed by atoms with Gasteiger partial charge in [0.15, 0.2) is 0 Å². The number of nitrogens with zero attached hydrogens (tertiary/aromatic N) is 4. The number of aliphatic hydroxyl groups is 1. The number of aryl methyl sites for hydroxylation is 1. The Balaban J connectivity index is 1.90. The van der Waals surface area contributed by atoms with Crippen molar-refractivity contribution in [2.75, 3.05) is 18.5 Å². The molecule has 0 aliphatic rings. The second-order valence-corrected chi connectivity index (χ2v) is 4.51. The van der Waals surface area contributed by atoms with E-state index >= 15 is 0 Å². The van der Waals surface area contributed by atoms with Gasteiger partial charge in [-0.2, -0.15) is 0 Å². The Labute approximate surface area is 116 Å². The summed E-state index contributed by atoms with van der Waals surface area (Å²) in [6.07, 6.45) is 1.79. The lowest BCUT2D eigenvalue weighted by Crippen LogP contribution is -2.07. The molecule has 0 radical (unpaired) electrons. The molecule has 2 heterocycles. The van der Waals surface area contributed by atoms with Gasteiger partial charge >= 0.3 is 0 Å². The quantitative estimate of drug-likeness (QED) is 0.749. The van der Waals surface area contributed by atoms with Crippen LogP contribution in [0.1, 0.15) is 0 Å². The Morgan fingerprint density at radius 3 is 2.85 bits per heavy atom. The number of hydrogen-bond acceptors (Lipinski definition) is 5. The standard InChI is InChI=1S/C14H15N5O/c1-19-9-16-12-8-10(2-4-13(12)19)11-3-5-14(18-17-11)15-6-7-20/h2-5,8-9,20H,6-7H2,1H3,(H,15,18). The van der Waals surface area contributed by atoms with Crippen LogP contribution in [0.5, 0.6) is 0 Å². The Kier molecular flexibility index (Phi) is 3.30. The molecule has 0 spiro atoms. The van der Waals surface area contributed by atoms with Gasteiger partial charge in [-0.3, -0.25) is 0 Å². The molecule has 3 aromatic rings. The zero-order chi connectivity index (χ0) is 13.9. The highest BCUT2D eigenvalue weighted by molar-refractivity contribution is 5.81. The van der Waals surface area contributed by atoms with Gasteiger partial charge in [0.2, 0.25) is 0 Å². The number of anilines is 1. The van der Waals surface area contributed by atoms with Crippen molar-refractivity contribution in [3.8, 4) is 11.3 Å². The van der Waals surface area contributed by atoms with Crippen molar-refractivity contribution in [3.05, 3.63) is 36.7 Å². The molecule has 0 atom stereocenters. The van der Waals surface area contributed by atoms with E-state index in [9.17, 15) is 0 Å². The molecule has 102 valence electrons. The molecule has 0 aliphatic carbocycles. The molecule has 2 N–H and O–H groups in total. The Morgan fingerprint density at radius 1 is 1.20 bits per heavy atom. The third-order valence-corrected chi connectivity index (χ3v) is 3.10. The Morgan fingerprint density at radius 2 is 2.10 bits per heavy atom. The van der Waals surface area contributed by atoms with E-state index in [1.165, 1.54) is 0 Å². The fourth-order valence-corrected chi connectivity index (χ4v) is 2.06. The molecule has 1 aromatic carbocycles. The van der Waals surface area contributed by atoms with Crippen LogP contribution < -0.4 is 5.32 Å². The van der Waals surface area contributed by atoms with Crippen molar-refractivity contribution in [2.45, 2.75) is 0 Å². The third-order valence-electron chi connectivity index (χ3n) is 3.10. The highest BCUT2D eigenvalue weighted by Gasteiger charge is 2.05. The molecular formula is C14H15N5O. The summed E-state index contributed by atoms with van der Waals surface area (Å²) in [6, 6.07) is 9.78. The molecular weight excluding hydrogens is 254 g/mol. The maximum atomic E-state index is 8.74. The number of fused-ring (bicyclic) bond motifs is 1. The predicted octanol–water partition coefficient (Wildman–Crippen LogP) is 1.43. The van der Waals surface area contributed by atoms with Gasteiger partial charge in [0.25, 0.3) is 0 Å². The number of hydrogen-bond donors (Lipinski definition) is 2. The minimum Gasteiger partial charge on any atom is -0.395 e. The highest BCUT2D eigenvalue weighted by atomic mass is 16.3. The number of aromatic nitrogens is 4. The fraction of sp³-hybridized carbons (Fsp3) is 0.214. The number of benzene rings is 1. The molecule has 0 fully saturated rings. The average Bonchev–Trinajstić information content (AvgIpc) is 2.86. The topological polar surface area (TPSA) is 75.9 Å². The van der Waals surface area contributed by atoms with Crippen LogP contribution in [0.15, 0.2) is 36.7 Å². The van der Waals surface area contributed by atoms with Crippen molar-refractivity contribution >= 4 is 16.9 Å². The summed E-state index contributed by atoms with van der Waals surface area (Å²) in [6.45, 7) is 0.535. The van der Waals surface area contributed by atoms with Crippen LogP contribution in [0.2, 0.25) is 0 Å². The Bertz CT molecular complexity index is 720. The summed E-state index contributed by atoms with van der Waals surface area (Å²) in [4.78, 5) is 4.34. The van der Waals surface area contributed by atoms with Crippen LogP contribution in [-0.2, 0) is 7.05 Å². The molecule has 20 heavy (non-hydrogen) atoms. The van der Waals surface area contributed by atoms with E-state index in [-0.39, 0.29) is 6.61 Å². The normalized spacial score (nSPS) is 10.9. The van der Waals surface area contributed by atoms with Gasteiger partial charge in [-0.15, -0.1) is 10.2 Å². The largest absolute Gasteiger partial charge is 0.395 e. The van der Waals surface area contributed by atoms with Crippen molar-refractivity contribution in [1.82, 2.24) is 19.7 Å². The van der Waals surface area contributed by atoms with Crippen LogP contribution in [0.3, 0.4) is 0 Å². The molecule has 6 heteroatoms. The summed E-state index contributed by atoms with van der Waals surface area (Å²) in [5, 5.41) is 20.0. The first-order chi connectivity index (χ1) is 9.78. The van der Waals surface area contributed by atoms with E-state index in [0.29, 0.717) is 12.4 Å². The predicted molar refractivity (Wildman–Crippen MR) is 77.3 cm³/mol. The first kappa shape index (κ1) is 12.6. The zero-order valence-electron chi connectivity index (χ0n) is 11.1. The van der Waals surface area contributed by atoms with Gasteiger partial charge in [0.05, 0.1) is 29.7 Å². The molecule has 0 bridgehead atoms. The fourth-order valence-electron chi connectivity index (χ4n) is 2.06. The smallest absolute Gasteiger partial charge is 0.148 e. The number of rotatable bonds is 4. The lowest BCUT2D eigenvalue weighted by atomic mass is 10.1. The third kappa shape index (κ3) is 2.33. The number of imidazole rings is 1. The van der Waals surface area contributed by atoms with Crippen LogP contribution in [0.25, 0.3) is 22.3 Å². The summed E-state index contributed by atoms with van der Waals surface area (Å²) in [7, 11) is 1.97. The molecule has 3 rings (SSSR count). The maximum absolute atomic E-state index is 8.74. The first-order valence-corrected chi connectivity index (χ1v) is 6.38. The molecule has 0 unspecified atom stereocenters. The molecule has 0 saturated heterocycles. The number of aliphatic hydroxyl groups excluding tert-OH is 1. The molecule has 0 saturated carbocycles. The van der Waals surface area contributed by atoms with Gasteiger partial charge < -0.3 is 15.0 Å². The first-order valence-electron chi connectivity index (χ1n) is 6.38. The van der Waals surface area contributed by atoms with E-state index in [2.05, 4.69) is 20.5 Å². The van der Waals surface area contributed by atoms with E-state index in [0.717, 1.165) is 22.3 Å².